The molecule has 0 spiro atoms. The second kappa shape index (κ2) is 9.20. The largest absolute Gasteiger partial charge is 0.444 e. The van der Waals surface area contributed by atoms with Crippen molar-refractivity contribution in [1.82, 2.24) is 24.3 Å². The zero-order valence-corrected chi connectivity index (χ0v) is 20.3. The topological polar surface area (TPSA) is 102 Å². The fourth-order valence-electron chi connectivity index (χ4n) is 4.93. The lowest BCUT2D eigenvalue weighted by Crippen LogP contribution is -2.38. The number of hydrogen-bond acceptors (Lipinski definition) is 5. The normalized spacial score (nSPS) is 14.5. The molecule has 8 nitrogen and oxygen atoms in total. The van der Waals surface area contributed by atoms with Crippen molar-refractivity contribution in [2.24, 2.45) is 0 Å². The molecule has 1 amide bonds. The minimum atomic E-state index is -0.325. The molecule has 1 aliphatic rings. The summed E-state index contributed by atoms with van der Waals surface area (Å²) < 4.78 is 7.56. The van der Waals surface area contributed by atoms with Crippen LogP contribution in [0.3, 0.4) is 0 Å². The van der Waals surface area contributed by atoms with Crippen LogP contribution in [0.5, 0.6) is 0 Å². The number of ether oxygens (including phenoxy) is 1. The Bertz CT molecular complexity index is 1530. The fraction of sp³-hybridized carbons (Fsp3) is 0.222. The zero-order valence-electron chi connectivity index (χ0n) is 19.5. The predicted octanol–water partition coefficient (Wildman–Crippen LogP) is 5.63. The van der Waals surface area contributed by atoms with Crippen molar-refractivity contribution in [2.75, 3.05) is 18.8 Å². The van der Waals surface area contributed by atoms with Crippen LogP contribution in [0.25, 0.3) is 27.8 Å². The first-order valence-corrected chi connectivity index (χ1v) is 12.3. The lowest BCUT2D eigenvalue weighted by Gasteiger charge is -2.30. The number of fused-ring (bicyclic) bond motifs is 2. The molecule has 4 heterocycles. The van der Waals surface area contributed by atoms with Gasteiger partial charge in [0.25, 0.3) is 0 Å². The highest BCUT2D eigenvalue weighted by atomic mass is 35.5. The monoisotopic (exact) mass is 500 g/mol. The smallest absolute Gasteiger partial charge is 0.410 e. The Balaban J connectivity index is 1.22. The number of imidazole rings is 1. The van der Waals surface area contributed by atoms with Crippen LogP contribution in [0.4, 0.5) is 10.6 Å². The number of nitrogens with two attached hydrogens (primary N) is 1. The summed E-state index contributed by atoms with van der Waals surface area (Å²) in [5.74, 6) is 1.53. The van der Waals surface area contributed by atoms with Crippen LogP contribution in [-0.2, 0) is 11.3 Å². The van der Waals surface area contributed by atoms with E-state index in [4.69, 9.17) is 27.1 Å². The van der Waals surface area contributed by atoms with E-state index in [9.17, 15) is 4.79 Å². The second-order valence-electron chi connectivity index (χ2n) is 9.03. The number of halogens is 1. The Morgan fingerprint density at radius 3 is 2.72 bits per heavy atom. The minimum Gasteiger partial charge on any atom is -0.444 e. The van der Waals surface area contributed by atoms with Crippen LogP contribution in [0.2, 0.25) is 5.02 Å². The Hall–Kier alpha value is -4.04. The van der Waals surface area contributed by atoms with Gasteiger partial charge in [0.05, 0.1) is 5.69 Å². The van der Waals surface area contributed by atoms with E-state index >= 15 is 0 Å². The van der Waals surface area contributed by atoms with Gasteiger partial charge in [-0.2, -0.15) is 0 Å². The van der Waals surface area contributed by atoms with Crippen LogP contribution in [0.1, 0.15) is 30.1 Å². The molecule has 0 saturated carbocycles. The van der Waals surface area contributed by atoms with Crippen molar-refractivity contribution in [3.8, 4) is 11.4 Å². The molecule has 1 saturated heterocycles. The first-order chi connectivity index (χ1) is 17.6. The molecule has 1 aliphatic heterocycles. The lowest BCUT2D eigenvalue weighted by molar-refractivity contribution is 0.0866. The number of para-hydroxylation sites is 1. The molecule has 3 aromatic heterocycles. The van der Waals surface area contributed by atoms with E-state index in [0.29, 0.717) is 23.9 Å². The molecule has 0 atom stereocenters. The lowest BCUT2D eigenvalue weighted by atomic mass is 9.96. The van der Waals surface area contributed by atoms with E-state index < -0.39 is 0 Å². The Morgan fingerprint density at radius 1 is 1.14 bits per heavy atom. The molecule has 0 radical (unpaired) electrons. The maximum absolute atomic E-state index is 12.7. The maximum Gasteiger partial charge on any atom is 0.410 e. The summed E-state index contributed by atoms with van der Waals surface area (Å²) in [6.07, 6.45) is 4.82. The summed E-state index contributed by atoms with van der Waals surface area (Å²) >= 11 is 6.18. The molecule has 2 aromatic carbocycles. The average molecular weight is 501 g/mol. The number of carbonyl (C=O) groups is 1. The SMILES string of the molecule is Nc1nccn2c(C3CCN(C(=O)OCc4ccccc4Cl)CC3)nc(-c3cc4ccccc4[nH]3)c12. The summed E-state index contributed by atoms with van der Waals surface area (Å²) in [5.41, 5.74) is 10.6. The van der Waals surface area contributed by atoms with Gasteiger partial charge >= 0.3 is 6.09 Å². The third-order valence-corrected chi connectivity index (χ3v) is 7.19. The standard InChI is InChI=1S/C27H25ClN6O2/c28-20-7-3-1-6-19(20)16-36-27(35)33-12-9-17(10-13-33)26-32-23(24-25(29)30-11-14-34(24)26)22-15-18-5-2-4-8-21(18)31-22/h1-8,11,14-15,17,31H,9-10,12-13,16H2,(H2,29,30). The van der Waals surface area contributed by atoms with Gasteiger partial charge in [0.1, 0.15) is 29.5 Å². The number of rotatable bonds is 4. The van der Waals surface area contributed by atoms with Gasteiger partial charge < -0.3 is 20.4 Å². The van der Waals surface area contributed by atoms with E-state index in [0.717, 1.165) is 52.0 Å². The van der Waals surface area contributed by atoms with E-state index in [1.165, 1.54) is 0 Å². The number of hydrogen-bond donors (Lipinski definition) is 2. The van der Waals surface area contributed by atoms with Crippen LogP contribution >= 0.6 is 11.6 Å². The van der Waals surface area contributed by atoms with Crippen molar-refractivity contribution in [1.29, 1.82) is 0 Å². The highest BCUT2D eigenvalue weighted by Gasteiger charge is 2.29. The van der Waals surface area contributed by atoms with Gasteiger partial charge in [-0.15, -0.1) is 0 Å². The van der Waals surface area contributed by atoms with Gasteiger partial charge in [-0.3, -0.25) is 4.40 Å². The summed E-state index contributed by atoms with van der Waals surface area (Å²) in [4.78, 5) is 27.3. The Kier molecular flexibility index (Phi) is 5.73. The van der Waals surface area contributed by atoms with Crippen molar-refractivity contribution < 1.29 is 9.53 Å². The number of aromatic amines is 1. The number of likely N-dealkylation sites (tertiary alicyclic amines) is 1. The van der Waals surface area contributed by atoms with Crippen molar-refractivity contribution >= 4 is 39.9 Å². The highest BCUT2D eigenvalue weighted by molar-refractivity contribution is 6.31. The molecular formula is C27H25ClN6O2. The van der Waals surface area contributed by atoms with E-state index in [1.54, 1.807) is 17.2 Å². The minimum absolute atomic E-state index is 0.156. The summed E-state index contributed by atoms with van der Waals surface area (Å²) in [6.45, 7) is 1.33. The third-order valence-electron chi connectivity index (χ3n) is 6.82. The molecular weight excluding hydrogens is 476 g/mol. The van der Waals surface area contributed by atoms with E-state index in [1.807, 2.05) is 47.0 Å². The van der Waals surface area contributed by atoms with E-state index in [-0.39, 0.29) is 18.6 Å². The first kappa shape index (κ1) is 22.4. The number of anilines is 1. The van der Waals surface area contributed by atoms with Crippen LogP contribution in [0, 0.1) is 0 Å². The van der Waals surface area contributed by atoms with Gasteiger partial charge in [-0.1, -0.05) is 48.0 Å². The predicted molar refractivity (Wildman–Crippen MR) is 140 cm³/mol. The number of nitrogen functional groups attached to an aromatic ring is 1. The zero-order chi connectivity index (χ0) is 24.6. The van der Waals surface area contributed by atoms with Crippen molar-refractivity contribution in [2.45, 2.75) is 25.4 Å². The molecule has 36 heavy (non-hydrogen) atoms. The third kappa shape index (κ3) is 4.03. The summed E-state index contributed by atoms with van der Waals surface area (Å²) in [6, 6.07) is 17.6. The molecule has 182 valence electrons. The van der Waals surface area contributed by atoms with Gasteiger partial charge in [0, 0.05) is 52.9 Å². The summed E-state index contributed by atoms with van der Waals surface area (Å²) in [5, 5.41) is 1.70. The van der Waals surface area contributed by atoms with Gasteiger partial charge in [-0.25, -0.2) is 14.8 Å². The van der Waals surface area contributed by atoms with E-state index in [2.05, 4.69) is 22.1 Å². The molecule has 0 bridgehead atoms. The quantitative estimate of drug-likeness (QED) is 0.333. The number of aromatic nitrogens is 4. The van der Waals surface area contributed by atoms with Crippen molar-refractivity contribution in [3.05, 3.63) is 83.4 Å². The number of nitrogens with zero attached hydrogens (tertiary/aromatic N) is 4. The summed E-state index contributed by atoms with van der Waals surface area (Å²) in [7, 11) is 0. The molecule has 5 aromatic rings. The molecule has 1 fully saturated rings. The van der Waals surface area contributed by atoms with Gasteiger partial charge in [0.15, 0.2) is 0 Å². The number of benzene rings is 2. The molecule has 3 N–H and O–H groups in total. The average Bonchev–Trinajstić information content (AvgIpc) is 3.51. The molecule has 0 aliphatic carbocycles. The fourth-order valence-corrected chi connectivity index (χ4v) is 5.12. The van der Waals surface area contributed by atoms with Crippen LogP contribution < -0.4 is 5.73 Å². The van der Waals surface area contributed by atoms with Gasteiger partial charge in [0.2, 0.25) is 0 Å². The Morgan fingerprint density at radius 2 is 1.92 bits per heavy atom. The van der Waals surface area contributed by atoms with Gasteiger partial charge in [-0.05, 0) is 31.0 Å². The second-order valence-corrected chi connectivity index (χ2v) is 9.43. The number of carbonyl (C=O) groups excluding carboxylic acids is 1. The number of piperidine rings is 1. The highest BCUT2D eigenvalue weighted by Crippen LogP contribution is 2.35. The Labute approximate surface area is 212 Å². The molecule has 0 unspecified atom stereocenters. The number of H-pyrrole nitrogens is 1. The number of nitrogens with one attached hydrogen (secondary N) is 1. The van der Waals surface area contributed by atoms with Crippen LogP contribution in [0.15, 0.2) is 67.0 Å². The van der Waals surface area contributed by atoms with Crippen LogP contribution in [-0.4, -0.2) is 43.4 Å². The molecule has 6 rings (SSSR count). The number of amides is 1. The maximum atomic E-state index is 12.7. The first-order valence-electron chi connectivity index (χ1n) is 11.9. The molecule has 9 heteroatoms. The van der Waals surface area contributed by atoms with Crippen molar-refractivity contribution in [3.63, 3.8) is 0 Å².